The molecule has 0 saturated heterocycles. The average Bonchev–Trinajstić information content (AvgIpc) is 2.89. The molecular formula is C15H11FN2O3. The molecule has 0 saturated carbocycles. The van der Waals surface area contributed by atoms with Gasteiger partial charge in [0.25, 0.3) is 5.91 Å². The van der Waals surface area contributed by atoms with Crippen molar-refractivity contribution < 1.29 is 19.1 Å². The summed E-state index contributed by atoms with van der Waals surface area (Å²) in [6.07, 6.45) is 0.567. The van der Waals surface area contributed by atoms with Gasteiger partial charge in [0.05, 0.1) is 5.56 Å². The number of rotatable bonds is 2. The number of carboxylic acid groups (broad SMARTS) is 1. The topological polar surface area (TPSA) is 70.5 Å². The Hall–Kier alpha value is -2.76. The van der Waals surface area contributed by atoms with Gasteiger partial charge in [0.1, 0.15) is 5.69 Å². The van der Waals surface area contributed by atoms with Crippen molar-refractivity contribution in [1.82, 2.24) is 4.98 Å². The third-order valence-electron chi connectivity index (χ3n) is 3.40. The molecule has 5 nitrogen and oxygen atoms in total. The lowest BCUT2D eigenvalue weighted by molar-refractivity contribution is 0.0696. The fourth-order valence-corrected chi connectivity index (χ4v) is 2.41. The van der Waals surface area contributed by atoms with E-state index in [1.54, 1.807) is 12.1 Å². The third kappa shape index (κ3) is 2.35. The fraction of sp³-hybridized carbons (Fsp3) is 0.133. The quantitative estimate of drug-likeness (QED) is 0.858. The lowest BCUT2D eigenvalue weighted by Crippen LogP contribution is -2.29. The van der Waals surface area contributed by atoms with Gasteiger partial charge in [-0.3, -0.25) is 4.79 Å². The van der Waals surface area contributed by atoms with Gasteiger partial charge in [-0.25, -0.2) is 9.78 Å². The number of aromatic nitrogens is 1. The Bertz CT molecular complexity index is 745. The van der Waals surface area contributed by atoms with Gasteiger partial charge in [0.2, 0.25) is 5.95 Å². The normalized spacial score (nSPS) is 13.1. The van der Waals surface area contributed by atoms with Crippen molar-refractivity contribution in [1.29, 1.82) is 0 Å². The highest BCUT2D eigenvalue weighted by Crippen LogP contribution is 2.30. The molecule has 0 atom stereocenters. The zero-order valence-corrected chi connectivity index (χ0v) is 10.9. The Balaban J connectivity index is 1.94. The second-order valence-corrected chi connectivity index (χ2v) is 4.70. The van der Waals surface area contributed by atoms with Gasteiger partial charge in [-0.1, -0.05) is 6.07 Å². The predicted molar refractivity (Wildman–Crippen MR) is 73.0 cm³/mol. The molecule has 0 radical (unpaired) electrons. The van der Waals surface area contributed by atoms with Crippen LogP contribution in [0.2, 0.25) is 0 Å². The van der Waals surface area contributed by atoms with Crippen molar-refractivity contribution in [2.24, 2.45) is 0 Å². The number of nitrogens with zero attached hydrogens (tertiary/aromatic N) is 2. The van der Waals surface area contributed by atoms with Crippen LogP contribution < -0.4 is 4.90 Å². The van der Waals surface area contributed by atoms with E-state index in [4.69, 9.17) is 5.11 Å². The molecule has 1 amide bonds. The van der Waals surface area contributed by atoms with Crippen LogP contribution in [-0.4, -0.2) is 28.5 Å². The van der Waals surface area contributed by atoms with E-state index in [1.807, 2.05) is 0 Å². The molecule has 1 aromatic carbocycles. The molecule has 6 heteroatoms. The number of carbonyl (C=O) groups excluding carboxylic acids is 1. The summed E-state index contributed by atoms with van der Waals surface area (Å²) in [4.78, 5) is 28.4. The number of carbonyl (C=O) groups is 2. The van der Waals surface area contributed by atoms with Crippen LogP contribution in [0.4, 0.5) is 10.1 Å². The van der Waals surface area contributed by atoms with Crippen LogP contribution in [0.5, 0.6) is 0 Å². The monoisotopic (exact) mass is 286 g/mol. The highest BCUT2D eigenvalue weighted by molar-refractivity contribution is 6.06. The van der Waals surface area contributed by atoms with Crippen molar-refractivity contribution in [2.75, 3.05) is 11.4 Å². The summed E-state index contributed by atoms with van der Waals surface area (Å²) in [5.74, 6) is -2.10. The zero-order valence-electron chi connectivity index (χ0n) is 10.9. The molecule has 0 fully saturated rings. The number of anilines is 1. The van der Waals surface area contributed by atoms with Crippen LogP contribution in [0.25, 0.3) is 0 Å². The highest BCUT2D eigenvalue weighted by Gasteiger charge is 2.27. The number of aromatic carboxylic acids is 1. The van der Waals surface area contributed by atoms with Crippen molar-refractivity contribution in [3.05, 3.63) is 59.2 Å². The van der Waals surface area contributed by atoms with Gasteiger partial charge in [0.15, 0.2) is 0 Å². The van der Waals surface area contributed by atoms with E-state index in [0.717, 1.165) is 5.56 Å². The van der Waals surface area contributed by atoms with Gasteiger partial charge in [-0.15, -0.1) is 0 Å². The standard InChI is InChI=1S/C15H11FN2O3/c16-13-3-1-2-11(17-13)14(19)18-7-6-9-8-10(15(20)21)4-5-12(9)18/h1-5,8H,6-7H2,(H,20,21). The molecule has 0 unspecified atom stereocenters. The largest absolute Gasteiger partial charge is 0.478 e. The minimum absolute atomic E-state index is 0.0326. The molecule has 0 spiro atoms. The molecule has 0 aliphatic carbocycles. The molecule has 1 aliphatic rings. The summed E-state index contributed by atoms with van der Waals surface area (Å²) in [5.41, 5.74) is 1.66. The highest BCUT2D eigenvalue weighted by atomic mass is 19.1. The summed E-state index contributed by atoms with van der Waals surface area (Å²) >= 11 is 0. The Labute approximate surface area is 119 Å². The van der Waals surface area contributed by atoms with Gasteiger partial charge in [-0.2, -0.15) is 4.39 Å². The maximum atomic E-state index is 13.1. The van der Waals surface area contributed by atoms with Crippen LogP contribution in [0.1, 0.15) is 26.4 Å². The number of hydrogen-bond acceptors (Lipinski definition) is 3. The Morgan fingerprint density at radius 2 is 2.05 bits per heavy atom. The van der Waals surface area contributed by atoms with E-state index in [0.29, 0.717) is 18.7 Å². The average molecular weight is 286 g/mol. The van der Waals surface area contributed by atoms with Gasteiger partial charge in [-0.05, 0) is 42.3 Å². The summed E-state index contributed by atoms with van der Waals surface area (Å²) in [7, 11) is 0. The molecule has 2 aromatic rings. The van der Waals surface area contributed by atoms with Crippen LogP contribution in [0.3, 0.4) is 0 Å². The Kier molecular flexibility index (Phi) is 3.13. The number of carboxylic acids is 1. The second-order valence-electron chi connectivity index (χ2n) is 4.70. The molecule has 1 aliphatic heterocycles. The van der Waals surface area contributed by atoms with Crippen molar-refractivity contribution in [3.8, 4) is 0 Å². The van der Waals surface area contributed by atoms with E-state index >= 15 is 0 Å². The van der Waals surface area contributed by atoms with Crippen LogP contribution in [-0.2, 0) is 6.42 Å². The van der Waals surface area contributed by atoms with Crippen molar-refractivity contribution in [2.45, 2.75) is 6.42 Å². The van der Waals surface area contributed by atoms with Crippen LogP contribution >= 0.6 is 0 Å². The summed E-state index contributed by atoms with van der Waals surface area (Å²) in [6.45, 7) is 0.426. The first kappa shape index (κ1) is 13.2. The number of hydrogen-bond donors (Lipinski definition) is 1. The first-order chi connectivity index (χ1) is 10.1. The molecule has 2 heterocycles. The minimum Gasteiger partial charge on any atom is -0.478 e. The van der Waals surface area contributed by atoms with E-state index in [9.17, 15) is 14.0 Å². The van der Waals surface area contributed by atoms with Gasteiger partial charge < -0.3 is 10.0 Å². The molecule has 0 bridgehead atoms. The van der Waals surface area contributed by atoms with Gasteiger partial charge in [0, 0.05) is 12.2 Å². The van der Waals surface area contributed by atoms with Crippen molar-refractivity contribution >= 4 is 17.6 Å². The van der Waals surface area contributed by atoms with Crippen LogP contribution in [0, 0.1) is 5.95 Å². The number of fused-ring (bicyclic) bond motifs is 1. The maximum absolute atomic E-state index is 13.1. The number of halogens is 1. The lowest BCUT2D eigenvalue weighted by atomic mass is 10.1. The van der Waals surface area contributed by atoms with Crippen LogP contribution in [0.15, 0.2) is 36.4 Å². The smallest absolute Gasteiger partial charge is 0.335 e. The van der Waals surface area contributed by atoms with E-state index in [1.165, 1.54) is 29.2 Å². The van der Waals surface area contributed by atoms with Crippen molar-refractivity contribution in [3.63, 3.8) is 0 Å². The Morgan fingerprint density at radius 1 is 1.24 bits per heavy atom. The van der Waals surface area contributed by atoms with Gasteiger partial charge >= 0.3 is 5.97 Å². The van der Waals surface area contributed by atoms with E-state index < -0.39 is 17.8 Å². The first-order valence-electron chi connectivity index (χ1n) is 6.37. The molecule has 1 aromatic heterocycles. The molecule has 21 heavy (non-hydrogen) atoms. The number of amides is 1. The summed E-state index contributed by atoms with van der Waals surface area (Å²) in [5, 5.41) is 8.97. The summed E-state index contributed by atoms with van der Waals surface area (Å²) in [6, 6.07) is 8.67. The number of pyridine rings is 1. The minimum atomic E-state index is -1.01. The molecular weight excluding hydrogens is 275 g/mol. The fourth-order valence-electron chi connectivity index (χ4n) is 2.41. The third-order valence-corrected chi connectivity index (χ3v) is 3.40. The zero-order chi connectivity index (χ0) is 15.0. The Morgan fingerprint density at radius 3 is 2.76 bits per heavy atom. The lowest BCUT2D eigenvalue weighted by Gasteiger charge is -2.16. The van der Waals surface area contributed by atoms with E-state index in [-0.39, 0.29) is 11.3 Å². The molecule has 3 rings (SSSR count). The second kappa shape index (κ2) is 4.97. The first-order valence-corrected chi connectivity index (χ1v) is 6.37. The van der Waals surface area contributed by atoms with E-state index in [2.05, 4.69) is 4.98 Å². The molecule has 1 N–H and O–H groups in total. The predicted octanol–water partition coefficient (Wildman–Crippen LogP) is 2.12. The number of benzene rings is 1. The summed E-state index contributed by atoms with van der Waals surface area (Å²) < 4.78 is 13.1. The molecule has 106 valence electrons. The SMILES string of the molecule is O=C(O)c1ccc2c(c1)CCN2C(=O)c1cccc(F)n1. The maximum Gasteiger partial charge on any atom is 0.335 e.